The van der Waals surface area contributed by atoms with Gasteiger partial charge in [0.15, 0.2) is 0 Å². The van der Waals surface area contributed by atoms with Gasteiger partial charge in [0, 0.05) is 35.2 Å². The molecule has 1 aliphatic heterocycles. The van der Waals surface area contributed by atoms with Crippen LogP contribution in [0.4, 0.5) is 10.1 Å². The minimum absolute atomic E-state index is 0.117. The van der Waals surface area contributed by atoms with Crippen LogP contribution < -0.4 is 10.8 Å². The zero-order valence-corrected chi connectivity index (χ0v) is 17.7. The van der Waals surface area contributed by atoms with Gasteiger partial charge in [0.05, 0.1) is 25.8 Å². The van der Waals surface area contributed by atoms with E-state index in [1.807, 2.05) is 13.8 Å². The smallest absolute Gasteiger partial charge is 0.276 e. The highest BCUT2D eigenvalue weighted by molar-refractivity contribution is 6.34. The van der Waals surface area contributed by atoms with Gasteiger partial charge in [0.2, 0.25) is 0 Å². The lowest BCUT2D eigenvalue weighted by molar-refractivity contribution is -0.178. The van der Waals surface area contributed by atoms with Crippen LogP contribution in [0, 0.1) is 19.7 Å². The number of hydrogen-bond donors (Lipinski definition) is 4. The maximum absolute atomic E-state index is 13.6. The van der Waals surface area contributed by atoms with E-state index in [-0.39, 0.29) is 19.1 Å². The molecule has 0 radical (unpaired) electrons. The summed E-state index contributed by atoms with van der Waals surface area (Å²) in [5, 5.41) is 13.5. The van der Waals surface area contributed by atoms with Crippen molar-refractivity contribution in [3.05, 3.63) is 52.1 Å². The molecule has 0 saturated carbocycles. The third-order valence-corrected chi connectivity index (χ3v) is 5.15. The first-order valence-electron chi connectivity index (χ1n) is 9.58. The van der Waals surface area contributed by atoms with Crippen LogP contribution in [0.15, 0.2) is 18.2 Å². The normalized spacial score (nSPS) is 15.2. The molecule has 1 aliphatic rings. The van der Waals surface area contributed by atoms with Crippen LogP contribution in [0.5, 0.6) is 0 Å². The number of H-pyrrole nitrogens is 1. The van der Waals surface area contributed by atoms with Gasteiger partial charge in [-0.05, 0) is 43.7 Å². The standard InChI is InChI=1S/C21H25FN4O5/c1-11-16(10-31-23-9-19(27)21(29)26(3)30-4)12(2)24-18(11)8-15-14-7-13(22)5-6-17(14)25-20(15)28/h5-8,19,23-24,27H,9-10H2,1-4H3,(H,25,28)/b15-8-. The Morgan fingerprint density at radius 3 is 2.84 bits per heavy atom. The molecule has 1 unspecified atom stereocenters. The second-order valence-electron chi connectivity index (χ2n) is 7.14. The fourth-order valence-corrected chi connectivity index (χ4v) is 3.27. The minimum Gasteiger partial charge on any atom is -0.382 e. The molecular weight excluding hydrogens is 407 g/mol. The monoisotopic (exact) mass is 432 g/mol. The molecule has 0 fully saturated rings. The summed E-state index contributed by atoms with van der Waals surface area (Å²) in [5.41, 5.74) is 7.27. The summed E-state index contributed by atoms with van der Waals surface area (Å²) in [7, 11) is 2.72. The van der Waals surface area contributed by atoms with Crippen molar-refractivity contribution in [2.45, 2.75) is 26.6 Å². The fraction of sp³-hybridized carbons (Fsp3) is 0.333. The fourth-order valence-electron chi connectivity index (χ4n) is 3.27. The summed E-state index contributed by atoms with van der Waals surface area (Å²) in [6.07, 6.45) is 0.364. The predicted octanol–water partition coefficient (Wildman–Crippen LogP) is 1.67. The van der Waals surface area contributed by atoms with Crippen molar-refractivity contribution in [3.8, 4) is 0 Å². The maximum Gasteiger partial charge on any atom is 0.276 e. The Labute approximate surface area is 178 Å². The lowest BCUT2D eigenvalue weighted by Crippen LogP contribution is -2.41. The largest absolute Gasteiger partial charge is 0.382 e. The van der Waals surface area contributed by atoms with E-state index in [0.29, 0.717) is 22.5 Å². The molecule has 2 aromatic rings. The number of aromatic nitrogens is 1. The number of halogens is 1. The van der Waals surface area contributed by atoms with Gasteiger partial charge in [-0.1, -0.05) is 0 Å². The minimum atomic E-state index is -1.32. The third-order valence-electron chi connectivity index (χ3n) is 5.15. The SMILES string of the molecule is CON(C)C(=O)C(O)CNOCc1c(C)[nH]c(/C=C2\C(=O)Nc3ccc(F)cc32)c1C. The average Bonchev–Trinajstić information content (AvgIpc) is 3.19. The molecule has 31 heavy (non-hydrogen) atoms. The van der Waals surface area contributed by atoms with E-state index in [9.17, 15) is 19.1 Å². The van der Waals surface area contributed by atoms with E-state index in [2.05, 4.69) is 15.8 Å². The number of hydroxylamine groups is 3. The van der Waals surface area contributed by atoms with E-state index in [0.717, 1.165) is 21.9 Å². The summed E-state index contributed by atoms with van der Waals surface area (Å²) in [6, 6.07) is 4.16. The number of carbonyl (C=O) groups excluding carboxylic acids is 2. The summed E-state index contributed by atoms with van der Waals surface area (Å²) in [6.45, 7) is 3.78. The number of fused-ring (bicyclic) bond motifs is 1. The lowest BCUT2D eigenvalue weighted by atomic mass is 10.0. The average molecular weight is 432 g/mol. The molecule has 0 aliphatic carbocycles. The Hall–Kier alpha value is -3.05. The Morgan fingerprint density at radius 1 is 1.39 bits per heavy atom. The summed E-state index contributed by atoms with van der Waals surface area (Å²) < 4.78 is 13.6. The molecule has 1 aromatic carbocycles. The highest BCUT2D eigenvalue weighted by Gasteiger charge is 2.25. The molecule has 0 bridgehead atoms. The molecule has 0 saturated heterocycles. The number of anilines is 1. The van der Waals surface area contributed by atoms with Crippen molar-refractivity contribution in [3.63, 3.8) is 0 Å². The van der Waals surface area contributed by atoms with Gasteiger partial charge < -0.3 is 15.4 Å². The second-order valence-corrected chi connectivity index (χ2v) is 7.14. The van der Waals surface area contributed by atoms with Gasteiger partial charge in [-0.25, -0.2) is 9.45 Å². The van der Waals surface area contributed by atoms with E-state index in [1.165, 1.54) is 32.4 Å². The van der Waals surface area contributed by atoms with Crippen LogP contribution >= 0.6 is 0 Å². The number of nitrogens with one attached hydrogen (secondary N) is 3. The molecule has 2 heterocycles. The van der Waals surface area contributed by atoms with Crippen LogP contribution in [-0.4, -0.2) is 53.8 Å². The molecule has 3 rings (SSSR count). The number of carbonyl (C=O) groups is 2. The van der Waals surface area contributed by atoms with Crippen LogP contribution in [0.1, 0.15) is 28.1 Å². The van der Waals surface area contributed by atoms with Gasteiger partial charge in [-0.3, -0.25) is 19.3 Å². The summed E-state index contributed by atoms with van der Waals surface area (Å²) >= 11 is 0. The van der Waals surface area contributed by atoms with E-state index >= 15 is 0 Å². The topological polar surface area (TPSA) is 116 Å². The Kier molecular flexibility index (Phi) is 6.86. The number of likely N-dealkylation sites (N-methyl/N-ethyl adjacent to an activating group) is 1. The number of hydrogen-bond acceptors (Lipinski definition) is 6. The highest BCUT2D eigenvalue weighted by Crippen LogP contribution is 2.34. The lowest BCUT2D eigenvalue weighted by Gasteiger charge is -2.18. The van der Waals surface area contributed by atoms with Gasteiger partial charge in [0.1, 0.15) is 11.9 Å². The molecule has 1 aromatic heterocycles. The molecule has 4 N–H and O–H groups in total. The van der Waals surface area contributed by atoms with Crippen molar-refractivity contribution < 1.29 is 28.8 Å². The summed E-state index contributed by atoms with van der Waals surface area (Å²) in [4.78, 5) is 37.4. The molecular formula is C21H25FN4O5. The first-order chi connectivity index (χ1) is 14.7. The molecule has 1 atom stereocenters. The number of aliphatic hydroxyl groups is 1. The Morgan fingerprint density at radius 2 is 2.13 bits per heavy atom. The number of amides is 2. The Balaban J connectivity index is 1.68. The second kappa shape index (κ2) is 9.40. The molecule has 10 heteroatoms. The first kappa shape index (κ1) is 22.6. The number of aryl methyl sites for hydroxylation is 1. The van der Waals surface area contributed by atoms with Gasteiger partial charge >= 0.3 is 0 Å². The number of aliphatic hydroxyl groups excluding tert-OH is 1. The summed E-state index contributed by atoms with van der Waals surface area (Å²) in [5.74, 6) is -1.32. The number of nitrogens with zero attached hydrogens (tertiary/aromatic N) is 1. The van der Waals surface area contributed by atoms with Crippen molar-refractivity contribution in [2.75, 3.05) is 26.0 Å². The van der Waals surface area contributed by atoms with Crippen LogP contribution in [0.25, 0.3) is 11.6 Å². The maximum atomic E-state index is 13.6. The van der Waals surface area contributed by atoms with Crippen molar-refractivity contribution in [2.24, 2.45) is 0 Å². The molecule has 166 valence electrons. The molecule has 9 nitrogen and oxygen atoms in total. The zero-order valence-electron chi connectivity index (χ0n) is 17.7. The quantitative estimate of drug-likeness (QED) is 0.287. The number of rotatable bonds is 8. The van der Waals surface area contributed by atoms with Gasteiger partial charge in [0.25, 0.3) is 11.8 Å². The van der Waals surface area contributed by atoms with E-state index < -0.39 is 17.8 Å². The van der Waals surface area contributed by atoms with Crippen molar-refractivity contribution in [1.29, 1.82) is 0 Å². The highest BCUT2D eigenvalue weighted by atomic mass is 19.1. The molecule has 0 spiro atoms. The van der Waals surface area contributed by atoms with Crippen molar-refractivity contribution in [1.82, 2.24) is 15.5 Å². The van der Waals surface area contributed by atoms with Gasteiger partial charge in [-0.2, -0.15) is 5.48 Å². The third kappa shape index (κ3) is 4.83. The first-order valence-corrected chi connectivity index (χ1v) is 9.58. The predicted molar refractivity (Wildman–Crippen MR) is 112 cm³/mol. The Bertz CT molecular complexity index is 1030. The van der Waals surface area contributed by atoms with Crippen molar-refractivity contribution >= 4 is 29.2 Å². The van der Waals surface area contributed by atoms with Gasteiger partial charge in [-0.15, -0.1) is 0 Å². The van der Waals surface area contributed by atoms with Crippen LogP contribution in [0.2, 0.25) is 0 Å². The zero-order chi connectivity index (χ0) is 22.7. The molecule has 2 amide bonds. The number of aromatic amines is 1. The van der Waals surface area contributed by atoms with E-state index in [1.54, 1.807) is 6.08 Å². The van der Waals surface area contributed by atoms with Crippen LogP contribution in [0.3, 0.4) is 0 Å². The van der Waals surface area contributed by atoms with Crippen LogP contribution in [-0.2, 0) is 25.9 Å². The van der Waals surface area contributed by atoms with E-state index in [4.69, 9.17) is 9.68 Å². The number of benzene rings is 1.